The van der Waals surface area contributed by atoms with Gasteiger partial charge in [0.15, 0.2) is 0 Å². The summed E-state index contributed by atoms with van der Waals surface area (Å²) in [6, 6.07) is 8.23. The molecule has 0 bridgehead atoms. The minimum absolute atomic E-state index is 0.355. The van der Waals surface area contributed by atoms with Gasteiger partial charge in [-0.3, -0.25) is 0 Å². The highest BCUT2D eigenvalue weighted by atomic mass is 16.5. The number of imidazole rings is 1. The predicted octanol–water partition coefficient (Wildman–Crippen LogP) is 4.47. The van der Waals surface area contributed by atoms with E-state index in [4.69, 9.17) is 10.00 Å². The van der Waals surface area contributed by atoms with E-state index in [1.54, 1.807) is 0 Å². The van der Waals surface area contributed by atoms with E-state index in [1.807, 2.05) is 19.1 Å². The zero-order chi connectivity index (χ0) is 15.8. The molecule has 4 heteroatoms. The van der Waals surface area contributed by atoms with Gasteiger partial charge in [-0.25, -0.2) is 4.98 Å². The molecule has 4 nitrogen and oxygen atoms in total. The Morgan fingerprint density at radius 3 is 2.73 bits per heavy atom. The summed E-state index contributed by atoms with van der Waals surface area (Å²) in [7, 11) is 0. The second kappa shape index (κ2) is 8.43. The molecule has 118 valence electrons. The number of unbranched alkanes of at least 4 members (excludes halogenated alkanes) is 4. The Morgan fingerprint density at radius 1 is 1.18 bits per heavy atom. The molecular weight excluding hydrogens is 274 g/mol. The van der Waals surface area contributed by atoms with E-state index in [0.717, 1.165) is 35.6 Å². The maximum atomic E-state index is 9.02. The fourth-order valence-corrected chi connectivity index (χ4v) is 2.74. The van der Waals surface area contributed by atoms with Crippen molar-refractivity contribution in [2.45, 2.75) is 58.9 Å². The van der Waals surface area contributed by atoms with Gasteiger partial charge in [0, 0.05) is 12.6 Å². The quantitative estimate of drug-likeness (QED) is 0.642. The zero-order valence-corrected chi connectivity index (χ0v) is 13.6. The number of hydrogen-bond acceptors (Lipinski definition) is 3. The third kappa shape index (κ3) is 4.00. The lowest BCUT2D eigenvalue weighted by molar-refractivity contribution is 0.340. The van der Waals surface area contributed by atoms with Gasteiger partial charge in [-0.2, -0.15) is 5.26 Å². The van der Waals surface area contributed by atoms with Crippen molar-refractivity contribution in [2.24, 2.45) is 0 Å². The highest BCUT2D eigenvalue weighted by Crippen LogP contribution is 2.23. The van der Waals surface area contributed by atoms with Crippen molar-refractivity contribution in [3.8, 4) is 11.8 Å². The lowest BCUT2D eigenvalue weighted by Crippen LogP contribution is -2.03. The van der Waals surface area contributed by atoms with Crippen LogP contribution in [0.15, 0.2) is 18.2 Å². The van der Waals surface area contributed by atoms with Crippen LogP contribution in [0.5, 0.6) is 5.75 Å². The van der Waals surface area contributed by atoms with E-state index >= 15 is 0 Å². The standard InChI is InChI=1S/C18H25N3O/c1-3-5-6-7-8-13-21-17-10-9-15(22-4-2)14-16(17)20-18(21)11-12-19/h9-10,14H,3-8,11,13H2,1-2H3. The summed E-state index contributed by atoms with van der Waals surface area (Å²) >= 11 is 0. The van der Waals surface area contributed by atoms with Gasteiger partial charge < -0.3 is 9.30 Å². The topological polar surface area (TPSA) is 50.8 Å². The lowest BCUT2D eigenvalue weighted by Gasteiger charge is -2.08. The van der Waals surface area contributed by atoms with Gasteiger partial charge in [-0.15, -0.1) is 0 Å². The van der Waals surface area contributed by atoms with Gasteiger partial charge in [0.2, 0.25) is 0 Å². The van der Waals surface area contributed by atoms with Crippen molar-refractivity contribution in [3.05, 3.63) is 24.0 Å². The average molecular weight is 299 g/mol. The lowest BCUT2D eigenvalue weighted by atomic mass is 10.1. The summed E-state index contributed by atoms with van der Waals surface area (Å²) < 4.78 is 7.73. The maximum Gasteiger partial charge on any atom is 0.124 e. The molecule has 0 N–H and O–H groups in total. The normalized spacial score (nSPS) is 10.8. The second-order valence-electron chi connectivity index (χ2n) is 5.51. The van der Waals surface area contributed by atoms with Crippen molar-refractivity contribution in [1.29, 1.82) is 5.26 Å². The van der Waals surface area contributed by atoms with Crippen LogP contribution >= 0.6 is 0 Å². The Morgan fingerprint density at radius 2 is 2.00 bits per heavy atom. The number of aromatic nitrogens is 2. The van der Waals surface area contributed by atoms with Gasteiger partial charge in [0.05, 0.1) is 30.1 Å². The Kier molecular flexibility index (Phi) is 6.27. The summed E-state index contributed by atoms with van der Waals surface area (Å²) in [6.07, 6.45) is 6.56. The number of rotatable bonds is 9. The van der Waals surface area contributed by atoms with Gasteiger partial charge in [-0.1, -0.05) is 32.6 Å². The smallest absolute Gasteiger partial charge is 0.124 e. The number of nitrogens with zero attached hydrogens (tertiary/aromatic N) is 3. The van der Waals surface area contributed by atoms with Crippen LogP contribution in [-0.4, -0.2) is 16.2 Å². The highest BCUT2D eigenvalue weighted by molar-refractivity contribution is 5.78. The fraction of sp³-hybridized carbons (Fsp3) is 0.556. The number of nitriles is 1. The second-order valence-corrected chi connectivity index (χ2v) is 5.51. The first kappa shape index (κ1) is 16.4. The predicted molar refractivity (Wildman–Crippen MR) is 89.0 cm³/mol. The van der Waals surface area contributed by atoms with Gasteiger partial charge in [0.1, 0.15) is 11.6 Å². The Bertz CT molecular complexity index is 640. The third-order valence-corrected chi connectivity index (χ3v) is 3.83. The van der Waals surface area contributed by atoms with E-state index in [-0.39, 0.29) is 0 Å². The molecule has 0 amide bonds. The first-order chi connectivity index (χ1) is 10.8. The van der Waals surface area contributed by atoms with E-state index in [2.05, 4.69) is 28.6 Å². The summed E-state index contributed by atoms with van der Waals surface area (Å²) in [6.45, 7) is 5.78. The molecule has 1 aromatic heterocycles. The number of fused-ring (bicyclic) bond motifs is 1. The Hall–Kier alpha value is -2.02. The van der Waals surface area contributed by atoms with Crippen LogP contribution < -0.4 is 4.74 Å². The Balaban J connectivity index is 2.18. The molecule has 1 aromatic carbocycles. The van der Waals surface area contributed by atoms with Crippen molar-refractivity contribution < 1.29 is 4.74 Å². The van der Waals surface area contributed by atoms with Gasteiger partial charge in [-0.05, 0) is 25.5 Å². The molecule has 2 aromatic rings. The van der Waals surface area contributed by atoms with Gasteiger partial charge in [0.25, 0.3) is 0 Å². The molecule has 2 rings (SSSR count). The van der Waals surface area contributed by atoms with Crippen LogP contribution in [0.25, 0.3) is 11.0 Å². The minimum atomic E-state index is 0.355. The van der Waals surface area contributed by atoms with Crippen molar-refractivity contribution in [2.75, 3.05) is 6.61 Å². The van der Waals surface area contributed by atoms with Crippen LogP contribution in [0.2, 0.25) is 0 Å². The van der Waals surface area contributed by atoms with E-state index in [1.165, 1.54) is 25.7 Å². The first-order valence-electron chi connectivity index (χ1n) is 8.29. The zero-order valence-electron chi connectivity index (χ0n) is 13.6. The van der Waals surface area contributed by atoms with E-state index in [9.17, 15) is 0 Å². The monoisotopic (exact) mass is 299 g/mol. The van der Waals surface area contributed by atoms with Crippen molar-refractivity contribution in [3.63, 3.8) is 0 Å². The van der Waals surface area contributed by atoms with Gasteiger partial charge >= 0.3 is 0 Å². The third-order valence-electron chi connectivity index (χ3n) is 3.83. The summed E-state index contributed by atoms with van der Waals surface area (Å²) in [4.78, 5) is 4.62. The molecule has 1 heterocycles. The molecule has 0 spiro atoms. The summed E-state index contributed by atoms with van der Waals surface area (Å²) in [5.41, 5.74) is 2.02. The molecule has 0 unspecified atom stereocenters. The first-order valence-corrected chi connectivity index (χ1v) is 8.29. The molecule has 0 aliphatic rings. The van der Waals surface area contributed by atoms with Crippen LogP contribution in [0.3, 0.4) is 0 Å². The van der Waals surface area contributed by atoms with Crippen molar-refractivity contribution in [1.82, 2.24) is 9.55 Å². The average Bonchev–Trinajstić information content (AvgIpc) is 2.85. The molecule has 0 radical (unpaired) electrons. The van der Waals surface area contributed by atoms with Crippen LogP contribution in [-0.2, 0) is 13.0 Å². The molecule has 0 aliphatic carbocycles. The molecule has 22 heavy (non-hydrogen) atoms. The molecular formula is C18H25N3O. The summed E-state index contributed by atoms with van der Waals surface area (Å²) in [5, 5.41) is 9.02. The van der Waals surface area contributed by atoms with Crippen LogP contribution in [0.4, 0.5) is 0 Å². The minimum Gasteiger partial charge on any atom is -0.494 e. The van der Waals surface area contributed by atoms with Crippen LogP contribution in [0.1, 0.15) is 51.8 Å². The number of hydrogen-bond donors (Lipinski definition) is 0. The van der Waals surface area contributed by atoms with E-state index < -0.39 is 0 Å². The number of aryl methyl sites for hydroxylation is 1. The molecule has 0 aliphatic heterocycles. The fourth-order valence-electron chi connectivity index (χ4n) is 2.74. The highest BCUT2D eigenvalue weighted by Gasteiger charge is 2.11. The van der Waals surface area contributed by atoms with Crippen molar-refractivity contribution >= 4 is 11.0 Å². The Labute approximate surface area is 132 Å². The molecule has 0 atom stereocenters. The molecule has 0 saturated heterocycles. The number of benzene rings is 1. The molecule has 0 fully saturated rings. The SMILES string of the molecule is CCCCCCCn1c(CC#N)nc2cc(OCC)ccc21. The largest absolute Gasteiger partial charge is 0.494 e. The summed E-state index contributed by atoms with van der Waals surface area (Å²) in [5.74, 6) is 1.70. The number of ether oxygens (including phenoxy) is 1. The van der Waals surface area contributed by atoms with Crippen LogP contribution in [0, 0.1) is 11.3 Å². The maximum absolute atomic E-state index is 9.02. The van der Waals surface area contributed by atoms with E-state index in [0.29, 0.717) is 13.0 Å². The molecule has 0 saturated carbocycles.